The SMILES string of the molecule is CCCCCCCC/C=C/CCCCCCCC(=O)OCC(CO)OC(=O)CCCCCCC/C=C/CCCCCCCC. The number of hydrogen-bond acceptors (Lipinski definition) is 5. The Labute approximate surface area is 273 Å². The average molecular weight is 621 g/mol. The van der Waals surface area contributed by atoms with E-state index in [0.717, 1.165) is 51.4 Å². The van der Waals surface area contributed by atoms with Crippen LogP contribution in [0, 0.1) is 0 Å². The van der Waals surface area contributed by atoms with Crippen LogP contribution in [0.5, 0.6) is 0 Å². The summed E-state index contributed by atoms with van der Waals surface area (Å²) >= 11 is 0. The largest absolute Gasteiger partial charge is 0.462 e. The van der Waals surface area contributed by atoms with Gasteiger partial charge in [-0.1, -0.05) is 141 Å². The molecule has 0 heterocycles. The molecule has 0 rings (SSSR count). The van der Waals surface area contributed by atoms with Crippen molar-refractivity contribution >= 4 is 11.9 Å². The van der Waals surface area contributed by atoms with Gasteiger partial charge in [-0.2, -0.15) is 0 Å². The van der Waals surface area contributed by atoms with E-state index in [4.69, 9.17) is 9.47 Å². The Kier molecular flexibility index (Phi) is 34.5. The lowest BCUT2D eigenvalue weighted by molar-refractivity contribution is -0.161. The van der Waals surface area contributed by atoms with Crippen molar-refractivity contribution in [3.05, 3.63) is 24.3 Å². The highest BCUT2D eigenvalue weighted by molar-refractivity contribution is 5.70. The highest BCUT2D eigenvalue weighted by atomic mass is 16.6. The third-order valence-corrected chi connectivity index (χ3v) is 8.22. The predicted octanol–water partition coefficient (Wildman–Crippen LogP) is 11.5. The fraction of sp³-hybridized carbons (Fsp3) is 0.846. The summed E-state index contributed by atoms with van der Waals surface area (Å²) in [5.41, 5.74) is 0. The van der Waals surface area contributed by atoms with Crippen molar-refractivity contribution in [1.82, 2.24) is 0 Å². The van der Waals surface area contributed by atoms with Crippen LogP contribution in [-0.2, 0) is 19.1 Å². The fourth-order valence-corrected chi connectivity index (χ4v) is 5.31. The second kappa shape index (κ2) is 35.9. The van der Waals surface area contributed by atoms with Gasteiger partial charge in [0.1, 0.15) is 6.61 Å². The first-order valence-electron chi connectivity index (χ1n) is 18.9. The Morgan fingerprint density at radius 2 is 0.841 bits per heavy atom. The Morgan fingerprint density at radius 3 is 1.23 bits per heavy atom. The second-order valence-corrected chi connectivity index (χ2v) is 12.6. The molecule has 0 spiro atoms. The van der Waals surface area contributed by atoms with Crippen LogP contribution in [0.4, 0.5) is 0 Å². The van der Waals surface area contributed by atoms with Gasteiger partial charge in [0.15, 0.2) is 6.10 Å². The number of hydrogen-bond donors (Lipinski definition) is 1. The molecule has 0 saturated carbocycles. The molecular weight excluding hydrogens is 548 g/mol. The molecular formula is C39H72O5. The normalized spacial score (nSPS) is 12.3. The molecule has 0 radical (unpaired) electrons. The fourth-order valence-electron chi connectivity index (χ4n) is 5.31. The molecule has 0 aromatic carbocycles. The Hall–Kier alpha value is -1.62. The van der Waals surface area contributed by atoms with Gasteiger partial charge in [-0.3, -0.25) is 9.59 Å². The first kappa shape index (κ1) is 42.4. The van der Waals surface area contributed by atoms with Gasteiger partial charge >= 0.3 is 11.9 Å². The van der Waals surface area contributed by atoms with Crippen molar-refractivity contribution in [2.45, 2.75) is 200 Å². The molecule has 0 aliphatic rings. The number of rotatable bonds is 34. The van der Waals surface area contributed by atoms with Gasteiger partial charge in [-0.05, 0) is 64.2 Å². The van der Waals surface area contributed by atoms with Crippen LogP contribution in [0.3, 0.4) is 0 Å². The second-order valence-electron chi connectivity index (χ2n) is 12.6. The molecule has 0 aromatic heterocycles. The van der Waals surface area contributed by atoms with Crippen molar-refractivity contribution < 1.29 is 24.2 Å². The lowest BCUT2D eigenvalue weighted by atomic mass is 10.1. The van der Waals surface area contributed by atoms with Gasteiger partial charge in [-0.25, -0.2) is 0 Å². The summed E-state index contributed by atoms with van der Waals surface area (Å²) in [7, 11) is 0. The summed E-state index contributed by atoms with van der Waals surface area (Å²) in [6, 6.07) is 0. The van der Waals surface area contributed by atoms with E-state index in [1.807, 2.05) is 0 Å². The van der Waals surface area contributed by atoms with Crippen LogP contribution in [0.25, 0.3) is 0 Å². The number of aliphatic hydroxyl groups is 1. The number of carbonyl (C=O) groups excluding carboxylic acids is 2. The molecule has 0 aliphatic carbocycles. The van der Waals surface area contributed by atoms with Crippen molar-refractivity contribution in [3.8, 4) is 0 Å². The van der Waals surface area contributed by atoms with Crippen LogP contribution in [0.15, 0.2) is 24.3 Å². The van der Waals surface area contributed by atoms with Crippen molar-refractivity contribution in [3.63, 3.8) is 0 Å². The molecule has 0 aromatic rings. The summed E-state index contributed by atoms with van der Waals surface area (Å²) in [5, 5.41) is 9.53. The molecule has 258 valence electrons. The quantitative estimate of drug-likeness (QED) is 0.0440. The third kappa shape index (κ3) is 33.3. The topological polar surface area (TPSA) is 72.8 Å². The van der Waals surface area contributed by atoms with E-state index in [9.17, 15) is 14.7 Å². The molecule has 0 saturated heterocycles. The maximum absolute atomic E-state index is 12.1. The first-order chi connectivity index (χ1) is 21.6. The van der Waals surface area contributed by atoms with Crippen LogP contribution in [0.1, 0.15) is 194 Å². The molecule has 44 heavy (non-hydrogen) atoms. The monoisotopic (exact) mass is 621 g/mol. The van der Waals surface area contributed by atoms with Gasteiger partial charge in [0, 0.05) is 12.8 Å². The van der Waals surface area contributed by atoms with E-state index in [0.29, 0.717) is 12.8 Å². The summed E-state index contributed by atoms with van der Waals surface area (Å²) in [6.07, 6.45) is 40.9. The predicted molar refractivity (Wildman–Crippen MR) is 187 cm³/mol. The van der Waals surface area contributed by atoms with Crippen LogP contribution in [0.2, 0.25) is 0 Å². The average Bonchev–Trinajstić information content (AvgIpc) is 3.02. The zero-order chi connectivity index (χ0) is 32.2. The molecule has 1 N–H and O–H groups in total. The molecule has 0 aliphatic heterocycles. The zero-order valence-corrected chi connectivity index (χ0v) is 29.2. The van der Waals surface area contributed by atoms with E-state index < -0.39 is 6.10 Å². The van der Waals surface area contributed by atoms with Crippen LogP contribution >= 0.6 is 0 Å². The van der Waals surface area contributed by atoms with E-state index in [1.165, 1.54) is 116 Å². The lowest BCUT2D eigenvalue weighted by Crippen LogP contribution is -2.28. The van der Waals surface area contributed by atoms with Crippen molar-refractivity contribution in [1.29, 1.82) is 0 Å². The first-order valence-corrected chi connectivity index (χ1v) is 18.9. The minimum absolute atomic E-state index is 0.0709. The Bertz CT molecular complexity index is 671. The number of unbranched alkanes of at least 4 members (excludes halogenated alkanes) is 22. The lowest BCUT2D eigenvalue weighted by Gasteiger charge is -2.15. The van der Waals surface area contributed by atoms with Gasteiger partial charge in [0.05, 0.1) is 6.61 Å². The van der Waals surface area contributed by atoms with Crippen LogP contribution < -0.4 is 0 Å². The molecule has 0 bridgehead atoms. The van der Waals surface area contributed by atoms with Crippen LogP contribution in [-0.4, -0.2) is 36.4 Å². The summed E-state index contributed by atoms with van der Waals surface area (Å²) in [4.78, 5) is 24.2. The summed E-state index contributed by atoms with van der Waals surface area (Å²) < 4.78 is 10.6. The molecule has 5 nitrogen and oxygen atoms in total. The minimum atomic E-state index is -0.774. The Morgan fingerprint density at radius 1 is 0.500 bits per heavy atom. The van der Waals surface area contributed by atoms with E-state index in [1.54, 1.807) is 0 Å². The summed E-state index contributed by atoms with van der Waals surface area (Å²) in [6.45, 7) is 4.11. The number of aliphatic hydroxyl groups excluding tert-OH is 1. The highest BCUT2D eigenvalue weighted by Crippen LogP contribution is 2.12. The minimum Gasteiger partial charge on any atom is -0.462 e. The number of ether oxygens (including phenoxy) is 2. The highest BCUT2D eigenvalue weighted by Gasteiger charge is 2.16. The van der Waals surface area contributed by atoms with Gasteiger partial charge in [0.25, 0.3) is 0 Å². The summed E-state index contributed by atoms with van der Waals surface area (Å²) in [5.74, 6) is -0.607. The smallest absolute Gasteiger partial charge is 0.306 e. The molecule has 0 amide bonds. The van der Waals surface area contributed by atoms with Crippen molar-refractivity contribution in [2.75, 3.05) is 13.2 Å². The third-order valence-electron chi connectivity index (χ3n) is 8.22. The van der Waals surface area contributed by atoms with Gasteiger partial charge in [0.2, 0.25) is 0 Å². The van der Waals surface area contributed by atoms with E-state index in [-0.39, 0.29) is 25.2 Å². The number of allylic oxidation sites excluding steroid dienone is 4. The zero-order valence-electron chi connectivity index (χ0n) is 29.2. The molecule has 5 heteroatoms. The Balaban J connectivity index is 3.58. The molecule has 1 atom stereocenters. The standard InChI is InChI=1S/C39H72O5/c1-3-5-7-9-11-13-15-17-19-21-23-25-27-29-31-33-38(41)43-36-37(35-40)44-39(42)34-32-30-28-26-24-22-20-18-16-14-12-10-8-6-4-2/h17-20,37,40H,3-16,21-36H2,1-2H3/b19-17+,20-18+. The molecule has 0 fully saturated rings. The number of carbonyl (C=O) groups is 2. The maximum atomic E-state index is 12.1. The van der Waals surface area contributed by atoms with E-state index >= 15 is 0 Å². The maximum Gasteiger partial charge on any atom is 0.306 e. The molecule has 1 unspecified atom stereocenters. The number of esters is 2. The van der Waals surface area contributed by atoms with Gasteiger partial charge < -0.3 is 14.6 Å². The van der Waals surface area contributed by atoms with E-state index in [2.05, 4.69) is 38.2 Å². The van der Waals surface area contributed by atoms with Gasteiger partial charge in [-0.15, -0.1) is 0 Å². The van der Waals surface area contributed by atoms with Crippen molar-refractivity contribution in [2.24, 2.45) is 0 Å².